The summed E-state index contributed by atoms with van der Waals surface area (Å²) in [7, 11) is 0. The summed E-state index contributed by atoms with van der Waals surface area (Å²) in [6.45, 7) is 7.45. The Morgan fingerprint density at radius 3 is 1.62 bits per heavy atom. The zero-order chi connectivity index (χ0) is 22.8. The van der Waals surface area contributed by atoms with Crippen LogP contribution < -0.4 is 38.1 Å². The lowest BCUT2D eigenvalue weighted by Crippen LogP contribution is -2.54. The molecule has 1 aromatic carbocycles. The van der Waals surface area contributed by atoms with Crippen molar-refractivity contribution in [3.05, 3.63) is 34.9 Å². The average Bonchev–Trinajstić information content (AvgIpc) is 2.70. The molecule has 10 nitrogen and oxygen atoms in total. The minimum absolute atomic E-state index is 0.0116. The predicted molar refractivity (Wildman–Crippen MR) is 129 cm³/mol. The smallest absolute Gasteiger partial charge is 0.232 e. The van der Waals surface area contributed by atoms with Gasteiger partial charge in [-0.15, -0.1) is 0 Å². The van der Waals surface area contributed by atoms with Crippen molar-refractivity contribution in [1.82, 2.24) is 15.0 Å². The first kappa shape index (κ1) is 22.7. The van der Waals surface area contributed by atoms with Gasteiger partial charge in [0.1, 0.15) is 0 Å². The van der Waals surface area contributed by atoms with Gasteiger partial charge in [0.15, 0.2) is 0 Å². The molecule has 0 spiro atoms. The molecule has 2 aliphatic rings. The average molecular weight is 441 g/mol. The van der Waals surface area contributed by atoms with Crippen LogP contribution in [0.3, 0.4) is 0 Å². The van der Waals surface area contributed by atoms with Gasteiger partial charge in [-0.3, -0.25) is 0 Å². The molecule has 2 aromatic rings. The summed E-state index contributed by atoms with van der Waals surface area (Å²) < 4.78 is 0. The number of nitrogens with zero attached hydrogens (tertiary/aromatic N) is 5. The number of aryl methyl sites for hydroxylation is 2. The standard InChI is InChI=1S/C22H36N10/c1-13-3-14(2)5-15(4-13)8-27-20-28-21(31-9-16(23)6-17(24)10-31)30-22(29-20)32-11-18(25)7-19(26)12-32/h3-5,16-19H,6-12,23-26H2,1-2H3,(H,27,28,29,30)/t16-,17+,18-,19+. The molecule has 1 aromatic heterocycles. The molecule has 0 radical (unpaired) electrons. The highest BCUT2D eigenvalue weighted by Crippen LogP contribution is 2.22. The molecular formula is C22H36N10. The van der Waals surface area contributed by atoms with Crippen LogP contribution in [0, 0.1) is 13.8 Å². The highest BCUT2D eigenvalue weighted by molar-refractivity contribution is 5.47. The van der Waals surface area contributed by atoms with Gasteiger partial charge in [-0.2, -0.15) is 15.0 Å². The molecule has 0 saturated carbocycles. The summed E-state index contributed by atoms with van der Waals surface area (Å²) >= 11 is 0. The first-order chi connectivity index (χ1) is 15.2. The van der Waals surface area contributed by atoms with Gasteiger partial charge in [-0.25, -0.2) is 0 Å². The second-order valence-electron chi connectivity index (χ2n) is 9.43. The first-order valence-electron chi connectivity index (χ1n) is 11.3. The van der Waals surface area contributed by atoms with Crippen LogP contribution in [0.25, 0.3) is 0 Å². The van der Waals surface area contributed by atoms with Crippen molar-refractivity contribution in [2.75, 3.05) is 41.3 Å². The van der Waals surface area contributed by atoms with Gasteiger partial charge in [-0.1, -0.05) is 29.3 Å². The molecule has 0 aliphatic carbocycles. The predicted octanol–water partition coefficient (Wildman–Crippen LogP) is -0.170. The summed E-state index contributed by atoms with van der Waals surface area (Å²) in [4.78, 5) is 18.3. The lowest BCUT2D eigenvalue weighted by atomic mass is 10.0. The fraction of sp³-hybridized carbons (Fsp3) is 0.591. The quantitative estimate of drug-likeness (QED) is 0.422. The molecule has 3 heterocycles. The molecule has 2 saturated heterocycles. The van der Waals surface area contributed by atoms with Crippen LogP contribution in [0.5, 0.6) is 0 Å². The summed E-state index contributed by atoms with van der Waals surface area (Å²) in [5, 5.41) is 3.38. The molecule has 9 N–H and O–H groups in total. The van der Waals surface area contributed by atoms with Crippen molar-refractivity contribution in [3.63, 3.8) is 0 Å². The molecular weight excluding hydrogens is 404 g/mol. The molecule has 174 valence electrons. The highest BCUT2D eigenvalue weighted by atomic mass is 15.4. The number of nitrogens with one attached hydrogen (secondary N) is 1. The maximum Gasteiger partial charge on any atom is 0.232 e. The van der Waals surface area contributed by atoms with Crippen LogP contribution in [0.4, 0.5) is 17.8 Å². The summed E-state index contributed by atoms with van der Waals surface area (Å²) in [6.07, 6.45) is 1.59. The fourth-order valence-corrected chi connectivity index (χ4v) is 4.75. The second kappa shape index (κ2) is 9.53. The number of aromatic nitrogens is 3. The van der Waals surface area contributed by atoms with E-state index in [9.17, 15) is 0 Å². The number of anilines is 3. The Hall–Kier alpha value is -2.53. The lowest BCUT2D eigenvalue weighted by Gasteiger charge is -2.37. The summed E-state index contributed by atoms with van der Waals surface area (Å²) in [6, 6.07) is 6.44. The van der Waals surface area contributed by atoms with E-state index < -0.39 is 0 Å². The SMILES string of the molecule is Cc1cc(C)cc(CNc2nc(N3C[C@H](N)C[C@H](N)C3)nc(N3C[C@H](N)C[C@H](N)C3)n2)c1. The third-order valence-corrected chi connectivity index (χ3v) is 5.94. The van der Waals surface area contributed by atoms with Crippen LogP contribution in [0.2, 0.25) is 0 Å². The molecule has 32 heavy (non-hydrogen) atoms. The highest BCUT2D eigenvalue weighted by Gasteiger charge is 2.28. The Labute approximate surface area is 189 Å². The topological polar surface area (TPSA) is 161 Å². The van der Waals surface area contributed by atoms with E-state index in [2.05, 4.69) is 47.2 Å². The zero-order valence-electron chi connectivity index (χ0n) is 19.0. The van der Waals surface area contributed by atoms with Crippen LogP contribution in [-0.2, 0) is 6.54 Å². The summed E-state index contributed by atoms with van der Waals surface area (Å²) in [5.41, 5.74) is 28.5. The van der Waals surface area contributed by atoms with E-state index in [0.717, 1.165) is 12.8 Å². The third-order valence-electron chi connectivity index (χ3n) is 5.94. The fourth-order valence-electron chi connectivity index (χ4n) is 4.75. The van der Waals surface area contributed by atoms with E-state index >= 15 is 0 Å². The van der Waals surface area contributed by atoms with Gasteiger partial charge in [0.2, 0.25) is 17.8 Å². The Balaban J connectivity index is 1.62. The normalized spacial score (nSPS) is 26.3. The number of nitrogens with two attached hydrogens (primary N) is 4. The van der Waals surface area contributed by atoms with Crippen LogP contribution in [0.1, 0.15) is 29.5 Å². The van der Waals surface area contributed by atoms with Crippen molar-refractivity contribution in [1.29, 1.82) is 0 Å². The Kier molecular flexibility index (Phi) is 6.75. The van der Waals surface area contributed by atoms with Gasteiger partial charge >= 0.3 is 0 Å². The van der Waals surface area contributed by atoms with E-state index in [1.165, 1.54) is 16.7 Å². The maximum absolute atomic E-state index is 6.22. The van der Waals surface area contributed by atoms with E-state index in [1.54, 1.807) is 0 Å². The van der Waals surface area contributed by atoms with Crippen molar-refractivity contribution in [2.24, 2.45) is 22.9 Å². The minimum atomic E-state index is -0.0116. The summed E-state index contributed by atoms with van der Waals surface area (Å²) in [5.74, 6) is 1.68. The Morgan fingerprint density at radius 1 is 0.750 bits per heavy atom. The second-order valence-corrected chi connectivity index (χ2v) is 9.43. The van der Waals surface area contributed by atoms with Gasteiger partial charge in [0.25, 0.3) is 0 Å². The van der Waals surface area contributed by atoms with Crippen LogP contribution in [-0.4, -0.2) is 65.3 Å². The number of hydrogen-bond acceptors (Lipinski definition) is 10. The largest absolute Gasteiger partial charge is 0.350 e. The Bertz CT molecular complexity index is 850. The zero-order valence-corrected chi connectivity index (χ0v) is 19.0. The van der Waals surface area contributed by atoms with E-state index in [0.29, 0.717) is 50.6 Å². The van der Waals surface area contributed by atoms with Gasteiger partial charge in [-0.05, 0) is 32.3 Å². The molecule has 0 bridgehead atoms. The monoisotopic (exact) mass is 440 g/mol. The molecule has 0 unspecified atom stereocenters. The number of piperidine rings is 2. The number of benzene rings is 1. The van der Waals surface area contributed by atoms with E-state index in [4.69, 9.17) is 37.9 Å². The van der Waals surface area contributed by atoms with Gasteiger partial charge in [0.05, 0.1) is 0 Å². The first-order valence-corrected chi connectivity index (χ1v) is 11.3. The van der Waals surface area contributed by atoms with Gasteiger partial charge < -0.3 is 38.1 Å². The van der Waals surface area contributed by atoms with E-state index in [1.807, 2.05) is 0 Å². The van der Waals surface area contributed by atoms with Crippen LogP contribution >= 0.6 is 0 Å². The van der Waals surface area contributed by atoms with Gasteiger partial charge in [0, 0.05) is 56.9 Å². The molecule has 10 heteroatoms. The van der Waals surface area contributed by atoms with Crippen molar-refractivity contribution in [3.8, 4) is 0 Å². The maximum atomic E-state index is 6.22. The van der Waals surface area contributed by atoms with Crippen LogP contribution in [0.15, 0.2) is 18.2 Å². The molecule has 4 rings (SSSR count). The Morgan fingerprint density at radius 2 is 1.19 bits per heavy atom. The molecule has 2 aliphatic heterocycles. The minimum Gasteiger partial charge on any atom is -0.350 e. The molecule has 2 fully saturated rings. The third kappa shape index (κ3) is 5.63. The van der Waals surface area contributed by atoms with E-state index in [-0.39, 0.29) is 24.2 Å². The number of rotatable bonds is 5. The lowest BCUT2D eigenvalue weighted by molar-refractivity contribution is 0.441. The number of hydrogen-bond donors (Lipinski definition) is 5. The molecule has 0 amide bonds. The van der Waals surface area contributed by atoms with Crippen molar-refractivity contribution >= 4 is 17.8 Å². The molecule has 4 atom stereocenters. The van der Waals surface area contributed by atoms with Crippen molar-refractivity contribution in [2.45, 2.75) is 57.4 Å². The van der Waals surface area contributed by atoms with Crippen molar-refractivity contribution < 1.29 is 0 Å².